The molecule has 3 aromatic rings. The van der Waals surface area contributed by atoms with Crippen LogP contribution in [0.1, 0.15) is 80.1 Å². The second-order valence-corrected chi connectivity index (χ2v) is 11.6. The molecule has 0 spiro atoms. The van der Waals surface area contributed by atoms with Gasteiger partial charge in [0.2, 0.25) is 0 Å². The zero-order valence-electron chi connectivity index (χ0n) is 20.3. The SMILES string of the molecule is C/C=C(Cl)\C(=C(/C)Cl)n1ncc(C2CC2)c1CO[C@H]1CC[C@](O)(c2nc3ccc(C#N)cc3s2)CC1. The van der Waals surface area contributed by atoms with E-state index in [-0.39, 0.29) is 6.10 Å². The third-order valence-corrected chi connectivity index (χ3v) is 8.86. The van der Waals surface area contributed by atoms with Gasteiger partial charge in [0.05, 0.1) is 57.2 Å². The summed E-state index contributed by atoms with van der Waals surface area (Å²) in [6.07, 6.45) is 8.69. The van der Waals surface area contributed by atoms with Crippen molar-refractivity contribution in [2.24, 2.45) is 0 Å². The van der Waals surface area contributed by atoms with Crippen LogP contribution in [0.2, 0.25) is 0 Å². The molecule has 2 aromatic heterocycles. The maximum atomic E-state index is 11.4. The second-order valence-electron chi connectivity index (χ2n) is 9.61. The normalized spacial score (nSPS) is 23.6. The fourth-order valence-electron chi connectivity index (χ4n) is 4.85. The van der Waals surface area contributed by atoms with E-state index in [9.17, 15) is 5.11 Å². The zero-order valence-corrected chi connectivity index (χ0v) is 22.6. The largest absolute Gasteiger partial charge is 0.383 e. The molecule has 2 fully saturated rings. The molecule has 36 heavy (non-hydrogen) atoms. The van der Waals surface area contributed by atoms with Crippen LogP contribution in [-0.4, -0.2) is 26.0 Å². The van der Waals surface area contributed by atoms with Crippen LogP contribution in [0.4, 0.5) is 0 Å². The Bertz CT molecular complexity index is 1380. The van der Waals surface area contributed by atoms with E-state index in [0.717, 1.165) is 41.6 Å². The monoisotopic (exact) mass is 542 g/mol. The Morgan fingerprint density at radius 2 is 2.06 bits per heavy atom. The van der Waals surface area contributed by atoms with Crippen molar-refractivity contribution in [3.63, 3.8) is 0 Å². The molecule has 0 unspecified atom stereocenters. The summed E-state index contributed by atoms with van der Waals surface area (Å²) in [5.74, 6) is 0.510. The van der Waals surface area contributed by atoms with Gasteiger partial charge in [-0.3, -0.25) is 0 Å². The maximum absolute atomic E-state index is 11.4. The first-order chi connectivity index (χ1) is 17.3. The van der Waals surface area contributed by atoms with Crippen molar-refractivity contribution in [1.82, 2.24) is 14.8 Å². The Morgan fingerprint density at radius 1 is 1.31 bits per heavy atom. The minimum atomic E-state index is -0.970. The number of nitriles is 1. The van der Waals surface area contributed by atoms with Crippen LogP contribution >= 0.6 is 34.5 Å². The summed E-state index contributed by atoms with van der Waals surface area (Å²) < 4.78 is 9.15. The smallest absolute Gasteiger partial charge is 0.126 e. The van der Waals surface area contributed by atoms with Gasteiger partial charge in [-0.2, -0.15) is 10.4 Å². The zero-order chi connectivity index (χ0) is 25.4. The van der Waals surface area contributed by atoms with Gasteiger partial charge in [-0.05, 0) is 82.1 Å². The average Bonchev–Trinajstić information content (AvgIpc) is 3.49. The Labute approximate surface area is 224 Å². The van der Waals surface area contributed by atoms with Gasteiger partial charge in [-0.25, -0.2) is 9.67 Å². The van der Waals surface area contributed by atoms with E-state index in [1.165, 1.54) is 16.9 Å². The number of benzene rings is 1. The number of halogens is 2. The average molecular weight is 544 g/mol. The number of aliphatic hydroxyl groups is 1. The number of rotatable bonds is 7. The van der Waals surface area contributed by atoms with Crippen molar-refractivity contribution >= 4 is 50.5 Å². The molecule has 0 aliphatic heterocycles. The number of allylic oxidation sites excluding steroid dienone is 4. The number of thiazole rings is 1. The molecule has 9 heteroatoms. The van der Waals surface area contributed by atoms with Gasteiger partial charge < -0.3 is 9.84 Å². The van der Waals surface area contributed by atoms with Gasteiger partial charge in [0.25, 0.3) is 0 Å². The highest BCUT2D eigenvalue weighted by molar-refractivity contribution is 7.18. The molecule has 2 saturated carbocycles. The molecule has 1 N–H and O–H groups in total. The quantitative estimate of drug-likeness (QED) is 0.320. The van der Waals surface area contributed by atoms with Gasteiger partial charge in [0.15, 0.2) is 0 Å². The summed E-state index contributed by atoms with van der Waals surface area (Å²) in [7, 11) is 0. The molecule has 0 bridgehead atoms. The van der Waals surface area contributed by atoms with Crippen LogP contribution < -0.4 is 0 Å². The first-order valence-electron chi connectivity index (χ1n) is 12.2. The summed E-state index contributed by atoms with van der Waals surface area (Å²) in [6, 6.07) is 7.60. The van der Waals surface area contributed by atoms with E-state index in [4.69, 9.17) is 33.2 Å². The lowest BCUT2D eigenvalue weighted by atomic mass is 9.83. The summed E-state index contributed by atoms with van der Waals surface area (Å²) in [6.45, 7) is 4.10. The summed E-state index contributed by atoms with van der Waals surface area (Å²) in [4.78, 5) is 4.68. The van der Waals surface area contributed by atoms with E-state index in [0.29, 0.717) is 51.7 Å². The lowest BCUT2D eigenvalue weighted by Gasteiger charge is -2.34. The number of fused-ring (bicyclic) bond motifs is 1. The number of aromatic nitrogens is 3. The molecule has 0 radical (unpaired) electrons. The highest BCUT2D eigenvalue weighted by atomic mass is 35.5. The van der Waals surface area contributed by atoms with Crippen LogP contribution in [-0.2, 0) is 16.9 Å². The molecule has 2 heterocycles. The highest BCUT2D eigenvalue weighted by Crippen LogP contribution is 2.44. The van der Waals surface area contributed by atoms with Gasteiger partial charge in [-0.1, -0.05) is 29.3 Å². The summed E-state index contributed by atoms with van der Waals surface area (Å²) in [5, 5.41) is 27.0. The minimum Gasteiger partial charge on any atom is -0.383 e. The number of hydrogen-bond donors (Lipinski definition) is 1. The standard InChI is InChI=1S/C27H28Cl2N4O2S/c1-3-21(29)25(16(2)28)33-23(20(14-31-33)18-5-6-18)15-35-19-8-10-27(34,11-9-19)26-32-22-7-4-17(13-30)12-24(22)36-26/h3-4,7,12,14,18-19,34H,5-6,8-11,15H2,1-2H3/b21-3+,25-16-/t19-,27+. The van der Waals surface area contributed by atoms with Crippen molar-refractivity contribution in [1.29, 1.82) is 5.26 Å². The molecule has 0 amide bonds. The van der Waals surface area contributed by atoms with Gasteiger partial charge in [0.1, 0.15) is 10.6 Å². The van der Waals surface area contributed by atoms with Crippen molar-refractivity contribution in [2.45, 2.75) is 76.6 Å². The lowest BCUT2D eigenvalue weighted by molar-refractivity contribution is -0.0648. The molecule has 2 aliphatic carbocycles. The van der Waals surface area contributed by atoms with Crippen LogP contribution in [0.15, 0.2) is 40.5 Å². The van der Waals surface area contributed by atoms with Gasteiger partial charge >= 0.3 is 0 Å². The number of hydrogen-bond acceptors (Lipinski definition) is 6. The number of ether oxygens (including phenoxy) is 1. The third-order valence-electron chi connectivity index (χ3n) is 7.07. The third kappa shape index (κ3) is 4.98. The predicted molar refractivity (Wildman–Crippen MR) is 144 cm³/mol. The Morgan fingerprint density at radius 3 is 2.69 bits per heavy atom. The predicted octanol–water partition coefficient (Wildman–Crippen LogP) is 7.16. The van der Waals surface area contributed by atoms with Crippen molar-refractivity contribution in [3.05, 3.63) is 62.4 Å². The van der Waals surface area contributed by atoms with Crippen LogP contribution in [0.25, 0.3) is 15.9 Å². The van der Waals surface area contributed by atoms with Crippen molar-refractivity contribution in [3.8, 4) is 6.07 Å². The van der Waals surface area contributed by atoms with Crippen molar-refractivity contribution < 1.29 is 9.84 Å². The van der Waals surface area contributed by atoms with Gasteiger partial charge in [0, 0.05) is 5.03 Å². The van der Waals surface area contributed by atoms with E-state index in [1.54, 1.807) is 6.07 Å². The molecule has 188 valence electrons. The molecule has 2 aliphatic rings. The van der Waals surface area contributed by atoms with E-state index >= 15 is 0 Å². The lowest BCUT2D eigenvalue weighted by Crippen LogP contribution is -2.34. The second kappa shape index (κ2) is 10.3. The van der Waals surface area contributed by atoms with E-state index in [2.05, 4.69) is 16.2 Å². The fourth-order valence-corrected chi connectivity index (χ4v) is 6.45. The molecular weight excluding hydrogens is 515 g/mol. The Hall–Kier alpha value is -2.21. The first kappa shape index (κ1) is 25.4. The highest BCUT2D eigenvalue weighted by Gasteiger charge is 2.38. The number of nitrogens with zero attached hydrogens (tertiary/aromatic N) is 4. The molecule has 0 atom stereocenters. The van der Waals surface area contributed by atoms with Crippen LogP contribution in [0.5, 0.6) is 0 Å². The maximum Gasteiger partial charge on any atom is 0.126 e. The first-order valence-corrected chi connectivity index (χ1v) is 13.8. The van der Waals surface area contributed by atoms with Crippen LogP contribution in [0, 0.1) is 11.3 Å². The fraction of sp³-hybridized carbons (Fsp3) is 0.444. The molecule has 5 rings (SSSR count). The Kier molecular flexibility index (Phi) is 7.26. The topological polar surface area (TPSA) is 84.0 Å². The molecule has 6 nitrogen and oxygen atoms in total. The van der Waals surface area contributed by atoms with E-state index in [1.807, 2.05) is 42.9 Å². The van der Waals surface area contributed by atoms with Gasteiger partial charge in [-0.15, -0.1) is 11.3 Å². The molecular formula is C27H28Cl2N4O2S. The summed E-state index contributed by atoms with van der Waals surface area (Å²) >= 11 is 14.4. The Balaban J connectivity index is 1.30. The van der Waals surface area contributed by atoms with Crippen LogP contribution in [0.3, 0.4) is 0 Å². The van der Waals surface area contributed by atoms with Crippen molar-refractivity contribution in [2.75, 3.05) is 0 Å². The molecule has 1 aromatic carbocycles. The minimum absolute atomic E-state index is 0.0296. The molecule has 0 saturated heterocycles. The van der Waals surface area contributed by atoms with E-state index < -0.39 is 5.60 Å². The summed E-state index contributed by atoms with van der Waals surface area (Å²) in [5.41, 5.74) is 3.32.